The van der Waals surface area contributed by atoms with E-state index in [1.54, 1.807) is 6.20 Å². The number of thiazole rings is 1. The summed E-state index contributed by atoms with van der Waals surface area (Å²) in [6.45, 7) is 2.79. The Balaban J connectivity index is 2.40. The zero-order chi connectivity index (χ0) is 13.1. The molecule has 0 saturated heterocycles. The van der Waals surface area contributed by atoms with Crippen molar-refractivity contribution in [1.82, 2.24) is 14.1 Å². The molecule has 0 aliphatic rings. The van der Waals surface area contributed by atoms with E-state index in [9.17, 15) is 9.59 Å². The number of hydrogen-bond acceptors (Lipinski definition) is 4. The third kappa shape index (κ3) is 2.70. The molecule has 96 valence electrons. The first-order valence-corrected chi connectivity index (χ1v) is 6.71. The maximum Gasteiger partial charge on any atom is 0.331 e. The van der Waals surface area contributed by atoms with E-state index in [-0.39, 0.29) is 17.8 Å². The van der Waals surface area contributed by atoms with E-state index in [2.05, 4.69) is 4.98 Å². The summed E-state index contributed by atoms with van der Waals surface area (Å²) >= 11 is 6.99. The molecule has 7 heteroatoms. The van der Waals surface area contributed by atoms with Gasteiger partial charge < -0.3 is 4.57 Å². The first kappa shape index (κ1) is 13.0. The summed E-state index contributed by atoms with van der Waals surface area (Å²) in [5.74, 6) is 0. The molecule has 0 spiro atoms. The molecule has 2 heterocycles. The summed E-state index contributed by atoms with van der Waals surface area (Å²) in [6, 6.07) is 1.40. The Hall–Kier alpha value is -1.40. The minimum absolute atomic E-state index is 0.215. The fourth-order valence-electron chi connectivity index (χ4n) is 1.63. The second kappa shape index (κ2) is 5.49. The smallest absolute Gasteiger partial charge is 0.300 e. The highest BCUT2D eigenvalue weighted by atomic mass is 35.5. The zero-order valence-corrected chi connectivity index (χ0v) is 11.4. The van der Waals surface area contributed by atoms with Crippen molar-refractivity contribution in [2.24, 2.45) is 0 Å². The van der Waals surface area contributed by atoms with E-state index in [0.29, 0.717) is 11.0 Å². The maximum absolute atomic E-state index is 12.1. The van der Waals surface area contributed by atoms with Crippen molar-refractivity contribution in [3.05, 3.63) is 48.6 Å². The van der Waals surface area contributed by atoms with E-state index in [1.165, 1.54) is 32.7 Å². The zero-order valence-electron chi connectivity index (χ0n) is 9.80. The van der Waals surface area contributed by atoms with Crippen LogP contribution in [0, 0.1) is 0 Å². The molecule has 0 atom stereocenters. The van der Waals surface area contributed by atoms with Gasteiger partial charge in [-0.2, -0.15) is 0 Å². The lowest BCUT2D eigenvalue weighted by Gasteiger charge is -2.07. The Morgan fingerprint density at radius 2 is 2.22 bits per heavy atom. The van der Waals surface area contributed by atoms with Gasteiger partial charge in [-0.25, -0.2) is 9.78 Å². The van der Waals surface area contributed by atoms with Crippen LogP contribution in [0.1, 0.15) is 18.2 Å². The third-order valence-electron chi connectivity index (χ3n) is 2.44. The molecule has 0 fully saturated rings. The van der Waals surface area contributed by atoms with Crippen LogP contribution in [0.4, 0.5) is 0 Å². The number of nitrogens with zero attached hydrogens (tertiary/aromatic N) is 3. The predicted molar refractivity (Wildman–Crippen MR) is 71.5 cm³/mol. The second-order valence-corrected chi connectivity index (χ2v) is 5.49. The molecule has 0 radical (unpaired) electrons. The molecule has 18 heavy (non-hydrogen) atoms. The summed E-state index contributed by atoms with van der Waals surface area (Å²) < 4.78 is 3.13. The van der Waals surface area contributed by atoms with Gasteiger partial charge in [0.1, 0.15) is 0 Å². The number of rotatable bonds is 4. The Morgan fingerprint density at radius 1 is 1.44 bits per heavy atom. The van der Waals surface area contributed by atoms with Crippen LogP contribution in [0.25, 0.3) is 0 Å². The average Bonchev–Trinajstić information content (AvgIpc) is 2.74. The van der Waals surface area contributed by atoms with E-state index in [4.69, 9.17) is 11.6 Å². The third-order valence-corrected chi connectivity index (χ3v) is 3.54. The van der Waals surface area contributed by atoms with Crippen LogP contribution in [0.5, 0.6) is 0 Å². The summed E-state index contributed by atoms with van der Waals surface area (Å²) in [5.41, 5.74) is -0.606. The van der Waals surface area contributed by atoms with Crippen molar-refractivity contribution < 1.29 is 0 Å². The van der Waals surface area contributed by atoms with E-state index in [0.717, 1.165) is 11.3 Å². The summed E-state index contributed by atoms with van der Waals surface area (Å²) in [6.07, 6.45) is 3.95. The lowest BCUT2D eigenvalue weighted by Crippen LogP contribution is -2.39. The lowest BCUT2D eigenvalue weighted by atomic mass is 10.4. The molecule has 0 unspecified atom stereocenters. The molecule has 0 aliphatic heterocycles. The van der Waals surface area contributed by atoms with Crippen LogP contribution in [-0.2, 0) is 13.1 Å². The monoisotopic (exact) mass is 285 g/mol. The molecule has 2 aromatic rings. The molecule has 0 aliphatic carbocycles. The van der Waals surface area contributed by atoms with Crippen LogP contribution < -0.4 is 11.2 Å². The van der Waals surface area contributed by atoms with Crippen LogP contribution >= 0.6 is 22.9 Å². The number of aryl methyl sites for hydroxylation is 1. The van der Waals surface area contributed by atoms with Gasteiger partial charge in [0, 0.05) is 29.9 Å². The number of hydrogen-bond donors (Lipinski definition) is 0. The molecule has 0 aromatic carbocycles. The summed E-state index contributed by atoms with van der Waals surface area (Å²) in [4.78, 5) is 28.5. The Morgan fingerprint density at radius 3 is 2.83 bits per heavy atom. The van der Waals surface area contributed by atoms with Crippen molar-refractivity contribution in [3.63, 3.8) is 0 Å². The molecule has 2 aromatic heterocycles. The molecule has 0 N–H and O–H groups in total. The highest BCUT2D eigenvalue weighted by molar-refractivity contribution is 7.15. The topological polar surface area (TPSA) is 56.9 Å². The highest BCUT2D eigenvalue weighted by Crippen LogP contribution is 2.17. The summed E-state index contributed by atoms with van der Waals surface area (Å²) in [5, 5.41) is 0. The van der Waals surface area contributed by atoms with Crippen molar-refractivity contribution in [3.8, 4) is 0 Å². The van der Waals surface area contributed by atoms with Crippen LogP contribution in [0.15, 0.2) is 28.0 Å². The van der Waals surface area contributed by atoms with Crippen LogP contribution in [-0.4, -0.2) is 14.1 Å². The number of halogens is 1. The van der Waals surface area contributed by atoms with Crippen LogP contribution in [0.3, 0.4) is 0 Å². The Bertz CT molecular complexity index is 659. The van der Waals surface area contributed by atoms with Gasteiger partial charge in [0.25, 0.3) is 5.56 Å². The standard InChI is InChI=1S/C11H12ClN3O2S/c1-2-4-14-5-3-9(16)15(11(14)17)7-8-6-13-10(12)18-8/h3,5-6H,2,4,7H2,1H3. The van der Waals surface area contributed by atoms with Gasteiger partial charge in [0.2, 0.25) is 0 Å². The molecule has 0 saturated carbocycles. The van der Waals surface area contributed by atoms with Gasteiger partial charge in [-0.15, -0.1) is 11.3 Å². The normalized spacial score (nSPS) is 10.8. The molecule has 0 bridgehead atoms. The van der Waals surface area contributed by atoms with Gasteiger partial charge in [-0.1, -0.05) is 18.5 Å². The van der Waals surface area contributed by atoms with Gasteiger partial charge in [0.05, 0.1) is 6.54 Å². The molecule has 2 rings (SSSR count). The predicted octanol–water partition coefficient (Wildman–Crippen LogP) is 1.58. The van der Waals surface area contributed by atoms with Crippen molar-refractivity contribution in [2.45, 2.75) is 26.4 Å². The second-order valence-electron chi connectivity index (χ2n) is 3.80. The first-order valence-electron chi connectivity index (χ1n) is 5.52. The first-order chi connectivity index (χ1) is 8.61. The lowest BCUT2D eigenvalue weighted by molar-refractivity contribution is 0.572. The van der Waals surface area contributed by atoms with Crippen molar-refractivity contribution >= 4 is 22.9 Å². The fraction of sp³-hybridized carbons (Fsp3) is 0.364. The summed E-state index contributed by atoms with van der Waals surface area (Å²) in [7, 11) is 0. The van der Waals surface area contributed by atoms with Gasteiger partial charge in [0.15, 0.2) is 4.47 Å². The Kier molecular flexibility index (Phi) is 3.98. The fourth-order valence-corrected chi connectivity index (χ4v) is 2.59. The highest BCUT2D eigenvalue weighted by Gasteiger charge is 2.07. The van der Waals surface area contributed by atoms with E-state index in [1.807, 2.05) is 6.92 Å². The SMILES string of the molecule is CCCn1ccc(=O)n(Cc2cnc(Cl)s2)c1=O. The van der Waals surface area contributed by atoms with Crippen molar-refractivity contribution in [1.29, 1.82) is 0 Å². The van der Waals surface area contributed by atoms with Crippen LogP contribution in [0.2, 0.25) is 4.47 Å². The number of aromatic nitrogens is 3. The van der Waals surface area contributed by atoms with Gasteiger partial charge in [-0.05, 0) is 6.42 Å². The van der Waals surface area contributed by atoms with E-state index < -0.39 is 0 Å². The van der Waals surface area contributed by atoms with E-state index >= 15 is 0 Å². The molecular formula is C11H12ClN3O2S. The molecule has 5 nitrogen and oxygen atoms in total. The van der Waals surface area contributed by atoms with Gasteiger partial charge >= 0.3 is 5.69 Å². The largest absolute Gasteiger partial charge is 0.331 e. The Labute approximate surface area is 112 Å². The average molecular weight is 286 g/mol. The maximum atomic E-state index is 12.1. The minimum Gasteiger partial charge on any atom is -0.300 e. The molecule has 0 amide bonds. The quantitative estimate of drug-likeness (QED) is 0.857. The van der Waals surface area contributed by atoms with Crippen molar-refractivity contribution in [2.75, 3.05) is 0 Å². The molecular weight excluding hydrogens is 274 g/mol. The van der Waals surface area contributed by atoms with Gasteiger partial charge in [-0.3, -0.25) is 9.36 Å². The minimum atomic E-state index is -0.308.